The summed E-state index contributed by atoms with van der Waals surface area (Å²) in [7, 11) is -22.6. The van der Waals surface area contributed by atoms with Crippen LogP contribution in [0.25, 0.3) is 0 Å². The first kappa shape index (κ1) is 93.5. The van der Waals surface area contributed by atoms with Crippen molar-refractivity contribution in [2.75, 3.05) is 0 Å². The number of hydrogen-bond donors (Lipinski definition) is 10. The Kier molecular flexibility index (Phi) is 47.3. The predicted octanol–water partition coefficient (Wildman–Crippen LogP) is 23.8. The second-order valence-electron chi connectivity index (χ2n) is 29.0. The van der Waals surface area contributed by atoms with Crippen LogP contribution < -0.4 is 0 Å². The Morgan fingerprint density at radius 3 is 0.529 bits per heavy atom. The van der Waals surface area contributed by atoms with E-state index in [1.165, 1.54) is 180 Å². The van der Waals surface area contributed by atoms with Crippen LogP contribution in [0.15, 0.2) is 121 Å². The number of unbranched alkanes of at least 4 members (excludes halogenated alkanes) is 40. The molecule has 0 aliphatic heterocycles. The second-order valence-corrected chi connectivity index (χ2v) is 34.8. The van der Waals surface area contributed by atoms with Gasteiger partial charge in [0.1, 0.15) is 27.8 Å². The normalized spacial score (nSPS) is 16.3. The third kappa shape index (κ3) is 33.8. The molecule has 584 valence electrons. The van der Waals surface area contributed by atoms with Crippen molar-refractivity contribution in [3.63, 3.8) is 0 Å². The fourth-order valence-electron chi connectivity index (χ4n) is 15.7. The van der Waals surface area contributed by atoms with Crippen LogP contribution in [0.4, 0.5) is 0 Å². The lowest BCUT2D eigenvalue weighted by molar-refractivity contribution is -0.372. The zero-order valence-electron chi connectivity index (χ0n) is 63.1. The summed E-state index contributed by atoms with van der Waals surface area (Å²) in [5.41, 5.74) is -7.37. The number of phosphoric acid groups is 4. The number of hydrogen-bond acceptors (Lipinski definition) is 11. The van der Waals surface area contributed by atoms with E-state index in [1.54, 1.807) is 0 Å². The molecule has 0 aromatic heterocycles. The molecule has 4 aromatic rings. The zero-order valence-corrected chi connectivity index (χ0v) is 66.7. The monoisotopic (exact) mass is 1510 g/mol. The maximum Gasteiger partial charge on any atom is 0.490 e. The van der Waals surface area contributed by atoms with Gasteiger partial charge in [-0.2, -0.15) is 12.9 Å². The van der Waals surface area contributed by atoms with Gasteiger partial charge in [0.25, 0.3) is 0 Å². The molecule has 0 aliphatic rings. The van der Waals surface area contributed by atoms with Gasteiger partial charge in [-0.1, -0.05) is 432 Å². The molecule has 0 aliphatic carbocycles. The average Bonchev–Trinajstić information content (AvgIpc) is 0.657. The molecule has 4 rings (SSSR count). The maximum atomic E-state index is 15.6. The van der Waals surface area contributed by atoms with E-state index < -0.39 is 59.1 Å². The van der Waals surface area contributed by atoms with Crippen LogP contribution in [0.3, 0.4) is 0 Å². The molecule has 0 heterocycles. The van der Waals surface area contributed by atoms with E-state index in [-0.39, 0.29) is 25.7 Å². The fourth-order valence-corrected chi connectivity index (χ4v) is 19.7. The lowest BCUT2D eigenvalue weighted by Gasteiger charge is -2.69. The van der Waals surface area contributed by atoms with Gasteiger partial charge in [-0.15, -0.1) is 0 Å². The van der Waals surface area contributed by atoms with E-state index in [0.29, 0.717) is 47.9 Å². The molecule has 10 N–H and O–H groups in total. The Morgan fingerprint density at radius 1 is 0.235 bits per heavy atom. The van der Waals surface area contributed by atoms with Gasteiger partial charge in [-0.25, -0.2) is 18.3 Å². The van der Waals surface area contributed by atoms with Crippen LogP contribution in [-0.2, 0) is 53.6 Å². The third-order valence-corrected chi connectivity index (χ3v) is 25.7. The first-order chi connectivity index (χ1) is 48.8. The molecular formula is C81H138O17P4. The molecule has 102 heavy (non-hydrogen) atoms. The second kappa shape index (κ2) is 51.6. The lowest BCUT2D eigenvalue weighted by atomic mass is 9.39. The van der Waals surface area contributed by atoms with Gasteiger partial charge in [0.15, 0.2) is 0 Å². The predicted molar refractivity (Wildman–Crippen MR) is 415 cm³/mol. The minimum Gasteiger partial charge on any atom is -0.384 e. The molecule has 6 unspecified atom stereocenters. The molecule has 21 heteroatoms. The zero-order chi connectivity index (χ0) is 75.0. The van der Waals surface area contributed by atoms with Crippen LogP contribution in [0.2, 0.25) is 0 Å². The van der Waals surface area contributed by atoms with E-state index in [1.807, 2.05) is 121 Å². The van der Waals surface area contributed by atoms with E-state index in [9.17, 15) is 18.3 Å². The van der Waals surface area contributed by atoms with Gasteiger partial charge in [0.2, 0.25) is 0 Å². The molecule has 6 atom stereocenters. The van der Waals surface area contributed by atoms with Crippen molar-refractivity contribution >= 4 is 31.3 Å². The van der Waals surface area contributed by atoms with E-state index in [2.05, 4.69) is 40.6 Å². The quantitative estimate of drug-likeness (QED) is 0.0145. The van der Waals surface area contributed by atoms with Crippen molar-refractivity contribution in [3.8, 4) is 0 Å². The van der Waals surface area contributed by atoms with Crippen LogP contribution in [0, 0.1) is 5.41 Å². The Morgan fingerprint density at radius 2 is 0.382 bits per heavy atom. The smallest absolute Gasteiger partial charge is 0.384 e. The summed E-state index contributed by atoms with van der Waals surface area (Å²) in [6.07, 6.45) is 52.2. The SMILES string of the molecule is CCCCCCCCCCCCCC(O)(c1ccccc1)C(C(O)(CCCCCCCCCCCCC)c1ccccc1)(C(O)(CCCCCCCCCCCCC)c1ccccc1)C(O)(CCCCCCCCCCCCC)c1ccccc1.O=P(O)(O)OP(=O)(O)OP(=O)(O)OP(=O)(O)O. The van der Waals surface area contributed by atoms with Gasteiger partial charge < -0.3 is 49.8 Å². The fraction of sp³-hybridized carbons (Fsp3) is 0.704. The molecule has 0 amide bonds. The van der Waals surface area contributed by atoms with Crippen molar-refractivity contribution in [2.24, 2.45) is 5.41 Å². The first-order valence-electron chi connectivity index (χ1n) is 39.8. The standard InChI is InChI=1S/C81H132O4.H6O13P4/c1-5-9-13-17-21-25-29-33-37-41-57-69-77(82,73-61-49-45-50-62-73)81(78(83,74-63-51-46-52-64-74)70-58-42-38-34-30-26-22-18-14-10-6-2,79(84,75-65-53-47-54-66-75)71-59-43-39-35-31-27-23-19-15-11-7-3)80(85,76-67-55-48-56-68-76)72-60-44-40-36-32-28-24-20-16-12-8-4;1-14(2,3)11-16(7,8)13-17(9,10)12-15(4,5)6/h45-56,61-68,82-85H,5-44,57-60,69-72H2,1-4H3;(H,7,8)(H,9,10)(H2,1,2,3)(H2,4,5,6). The van der Waals surface area contributed by atoms with Gasteiger partial charge in [0, 0.05) is 0 Å². The Hall–Kier alpha value is -2.72. The number of rotatable bonds is 62. The highest BCUT2D eigenvalue weighted by Crippen LogP contribution is 2.74. The molecule has 0 radical (unpaired) electrons. The Bertz CT molecular complexity index is 2570. The summed E-state index contributed by atoms with van der Waals surface area (Å²) in [6.45, 7) is 9.14. The summed E-state index contributed by atoms with van der Waals surface area (Å²) >= 11 is 0. The van der Waals surface area contributed by atoms with E-state index >= 15 is 20.4 Å². The van der Waals surface area contributed by atoms with Gasteiger partial charge in [0.05, 0.1) is 0 Å². The molecule has 0 fully saturated rings. The average molecular weight is 1510 g/mol. The van der Waals surface area contributed by atoms with Gasteiger partial charge >= 0.3 is 31.3 Å². The molecule has 0 bridgehead atoms. The Balaban J connectivity index is 0.00000139. The van der Waals surface area contributed by atoms with Gasteiger partial charge in [-0.3, -0.25) is 0 Å². The van der Waals surface area contributed by atoms with Crippen molar-refractivity contribution in [1.29, 1.82) is 0 Å². The highest BCUT2D eigenvalue weighted by Gasteiger charge is 2.80. The van der Waals surface area contributed by atoms with Crippen LogP contribution in [0.5, 0.6) is 0 Å². The molecule has 4 aromatic carbocycles. The van der Waals surface area contributed by atoms with Crippen molar-refractivity contribution in [1.82, 2.24) is 0 Å². The van der Waals surface area contributed by atoms with E-state index in [0.717, 1.165) is 77.0 Å². The van der Waals surface area contributed by atoms with Crippen LogP contribution in [-0.4, -0.2) is 49.8 Å². The molecular weight excluding hydrogens is 1370 g/mol. The Labute approximate surface area is 616 Å². The van der Waals surface area contributed by atoms with Crippen molar-refractivity contribution in [3.05, 3.63) is 144 Å². The topological polar surface area (TPSA) is 298 Å². The van der Waals surface area contributed by atoms with Crippen LogP contribution >= 0.6 is 31.3 Å². The van der Waals surface area contributed by atoms with Crippen molar-refractivity contribution in [2.45, 2.75) is 358 Å². The maximum absolute atomic E-state index is 15.6. The summed E-state index contributed by atoms with van der Waals surface area (Å²) in [5.74, 6) is 0. The summed E-state index contributed by atoms with van der Waals surface area (Å²) in [4.78, 5) is 49.4. The molecule has 17 nitrogen and oxygen atoms in total. The third-order valence-electron chi connectivity index (χ3n) is 20.7. The highest BCUT2D eigenvalue weighted by atomic mass is 31.3. The minimum absolute atomic E-state index is 0.266. The van der Waals surface area contributed by atoms with Crippen molar-refractivity contribution < 1.29 is 81.0 Å². The summed E-state index contributed by atoms with van der Waals surface area (Å²) in [6, 6.07) is 40.6. The molecule has 0 saturated carbocycles. The highest BCUT2D eigenvalue weighted by molar-refractivity contribution is 7.69. The first-order valence-corrected chi connectivity index (χ1v) is 45.9. The minimum atomic E-state index is -5.77. The number of benzene rings is 4. The van der Waals surface area contributed by atoms with E-state index in [4.69, 9.17) is 29.4 Å². The largest absolute Gasteiger partial charge is 0.490 e. The molecule has 0 saturated heterocycles. The number of aliphatic hydroxyl groups is 4. The molecule has 0 spiro atoms. The lowest BCUT2D eigenvalue weighted by Crippen LogP contribution is -2.76. The van der Waals surface area contributed by atoms with Crippen LogP contribution in [0.1, 0.15) is 358 Å². The summed E-state index contributed by atoms with van der Waals surface area (Å²) < 4.78 is 50.9. The summed E-state index contributed by atoms with van der Waals surface area (Å²) in [5, 5.41) is 62.3. The van der Waals surface area contributed by atoms with Gasteiger partial charge in [-0.05, 0) is 47.9 Å².